The maximum absolute atomic E-state index is 11.3. The Morgan fingerprint density at radius 1 is 1.64 bits per heavy atom. The Hall–Kier alpha value is -0.620. The van der Waals surface area contributed by atoms with Gasteiger partial charge in [0.15, 0.2) is 15.0 Å². The predicted octanol–water partition coefficient (Wildman–Crippen LogP) is 1.13. The largest absolute Gasteiger partial charge is 0.355 e. The summed E-state index contributed by atoms with van der Waals surface area (Å²) in [6.07, 6.45) is 2.37. The number of aromatic nitrogens is 1. The van der Waals surface area contributed by atoms with Crippen LogP contribution in [-0.4, -0.2) is 30.4 Å². The molecule has 4 nitrogen and oxygen atoms in total. The SMILES string of the molecule is CC1(Nc2nccs2)CCS(=O)(=O)C1. The van der Waals surface area contributed by atoms with E-state index in [2.05, 4.69) is 10.3 Å². The highest BCUT2D eigenvalue weighted by atomic mass is 32.2. The van der Waals surface area contributed by atoms with Crippen molar-refractivity contribution >= 4 is 26.3 Å². The number of hydrogen-bond acceptors (Lipinski definition) is 5. The van der Waals surface area contributed by atoms with Crippen LogP contribution in [0.25, 0.3) is 0 Å². The first-order chi connectivity index (χ1) is 6.49. The lowest BCUT2D eigenvalue weighted by molar-refractivity contribution is 0.573. The van der Waals surface area contributed by atoms with Crippen LogP contribution in [0.2, 0.25) is 0 Å². The lowest BCUT2D eigenvalue weighted by atomic mass is 10.0. The fraction of sp³-hybridized carbons (Fsp3) is 0.625. The molecule has 2 heterocycles. The molecule has 1 N–H and O–H groups in total. The summed E-state index contributed by atoms with van der Waals surface area (Å²) in [5, 5.41) is 5.85. The van der Waals surface area contributed by atoms with E-state index in [-0.39, 0.29) is 17.0 Å². The average molecular weight is 232 g/mol. The number of thiazole rings is 1. The van der Waals surface area contributed by atoms with Crippen molar-refractivity contribution in [3.63, 3.8) is 0 Å². The summed E-state index contributed by atoms with van der Waals surface area (Å²) in [5.41, 5.74) is -0.337. The van der Waals surface area contributed by atoms with Crippen LogP contribution in [0.5, 0.6) is 0 Å². The zero-order valence-corrected chi connectivity index (χ0v) is 9.49. The zero-order valence-electron chi connectivity index (χ0n) is 7.86. The van der Waals surface area contributed by atoms with E-state index in [4.69, 9.17) is 0 Å². The predicted molar refractivity (Wildman–Crippen MR) is 57.4 cm³/mol. The highest BCUT2D eigenvalue weighted by molar-refractivity contribution is 7.91. The van der Waals surface area contributed by atoms with Crippen LogP contribution >= 0.6 is 11.3 Å². The van der Waals surface area contributed by atoms with Crippen molar-refractivity contribution in [1.29, 1.82) is 0 Å². The second-order valence-corrected chi connectivity index (χ2v) is 6.94. The summed E-state index contributed by atoms with van der Waals surface area (Å²) in [5.74, 6) is 0.488. The molecule has 0 radical (unpaired) electrons. The summed E-state index contributed by atoms with van der Waals surface area (Å²) in [7, 11) is -2.84. The van der Waals surface area contributed by atoms with Crippen molar-refractivity contribution in [3.8, 4) is 0 Å². The minimum Gasteiger partial charge on any atom is -0.355 e. The Labute approximate surface area is 87.3 Å². The van der Waals surface area contributed by atoms with Gasteiger partial charge in [-0.25, -0.2) is 13.4 Å². The molecule has 0 aromatic carbocycles. The number of hydrogen-bond donors (Lipinski definition) is 1. The third-order valence-corrected chi connectivity index (χ3v) is 4.94. The van der Waals surface area contributed by atoms with E-state index in [0.29, 0.717) is 6.42 Å². The molecular formula is C8H12N2O2S2. The fourth-order valence-electron chi connectivity index (χ4n) is 1.65. The molecule has 78 valence electrons. The maximum Gasteiger partial charge on any atom is 0.183 e. The maximum atomic E-state index is 11.3. The molecule has 1 aliphatic heterocycles. The van der Waals surface area contributed by atoms with Crippen LogP contribution < -0.4 is 5.32 Å². The van der Waals surface area contributed by atoms with E-state index in [1.165, 1.54) is 11.3 Å². The third-order valence-electron chi connectivity index (χ3n) is 2.34. The highest BCUT2D eigenvalue weighted by Gasteiger charge is 2.38. The van der Waals surface area contributed by atoms with E-state index in [9.17, 15) is 8.42 Å². The van der Waals surface area contributed by atoms with E-state index in [1.54, 1.807) is 6.20 Å². The molecule has 0 bridgehead atoms. The first kappa shape index (κ1) is 9.92. The minimum atomic E-state index is -2.84. The molecule has 14 heavy (non-hydrogen) atoms. The highest BCUT2D eigenvalue weighted by Crippen LogP contribution is 2.27. The van der Waals surface area contributed by atoms with Gasteiger partial charge in [-0.15, -0.1) is 11.3 Å². The second-order valence-electron chi connectivity index (χ2n) is 3.86. The fourth-order valence-corrected chi connectivity index (χ4v) is 4.42. The van der Waals surface area contributed by atoms with Crippen LogP contribution in [0, 0.1) is 0 Å². The first-order valence-corrected chi connectivity index (χ1v) is 7.07. The van der Waals surface area contributed by atoms with Gasteiger partial charge in [0.2, 0.25) is 0 Å². The molecule has 0 spiro atoms. The van der Waals surface area contributed by atoms with Gasteiger partial charge in [0.05, 0.1) is 17.0 Å². The summed E-state index contributed by atoms with van der Waals surface area (Å²) in [6, 6.07) is 0. The van der Waals surface area contributed by atoms with Gasteiger partial charge in [0.1, 0.15) is 0 Å². The Morgan fingerprint density at radius 3 is 2.93 bits per heavy atom. The third kappa shape index (κ3) is 2.06. The first-order valence-electron chi connectivity index (χ1n) is 4.37. The number of anilines is 1. The van der Waals surface area contributed by atoms with Crippen molar-refractivity contribution in [3.05, 3.63) is 11.6 Å². The van der Waals surface area contributed by atoms with Gasteiger partial charge < -0.3 is 5.32 Å². The molecule has 0 aliphatic carbocycles. The van der Waals surface area contributed by atoms with Gasteiger partial charge in [-0.3, -0.25) is 0 Å². The van der Waals surface area contributed by atoms with Gasteiger partial charge in [-0.2, -0.15) is 0 Å². The number of nitrogens with one attached hydrogen (secondary N) is 1. The van der Waals surface area contributed by atoms with Gasteiger partial charge in [-0.05, 0) is 13.3 Å². The van der Waals surface area contributed by atoms with Gasteiger partial charge >= 0.3 is 0 Å². The summed E-state index contributed by atoms with van der Waals surface area (Å²) in [4.78, 5) is 4.09. The lowest BCUT2D eigenvalue weighted by Crippen LogP contribution is -2.35. The van der Waals surface area contributed by atoms with Crippen molar-refractivity contribution < 1.29 is 8.42 Å². The molecule has 1 saturated heterocycles. The molecule has 1 aromatic heterocycles. The van der Waals surface area contributed by atoms with E-state index in [0.717, 1.165) is 5.13 Å². The molecule has 1 aliphatic rings. The molecular weight excluding hydrogens is 220 g/mol. The van der Waals surface area contributed by atoms with E-state index >= 15 is 0 Å². The zero-order chi connectivity index (χ0) is 10.2. The number of nitrogens with zero attached hydrogens (tertiary/aromatic N) is 1. The summed E-state index contributed by atoms with van der Waals surface area (Å²) >= 11 is 1.49. The number of sulfone groups is 1. The Balaban J connectivity index is 2.12. The number of rotatable bonds is 2. The molecule has 1 aromatic rings. The lowest BCUT2D eigenvalue weighted by Gasteiger charge is -2.23. The van der Waals surface area contributed by atoms with Gasteiger partial charge in [-0.1, -0.05) is 0 Å². The van der Waals surface area contributed by atoms with Crippen LogP contribution in [0.15, 0.2) is 11.6 Å². The molecule has 2 rings (SSSR count). The van der Waals surface area contributed by atoms with Crippen molar-refractivity contribution in [2.24, 2.45) is 0 Å². The smallest absolute Gasteiger partial charge is 0.183 e. The molecule has 0 saturated carbocycles. The standard InChI is InChI=1S/C8H12N2O2S2/c1-8(2-5-14(11,12)6-8)10-7-9-3-4-13-7/h3-4H,2,5-6H2,1H3,(H,9,10). The minimum absolute atomic E-state index is 0.208. The Morgan fingerprint density at radius 2 is 2.43 bits per heavy atom. The molecule has 6 heteroatoms. The monoisotopic (exact) mass is 232 g/mol. The Kier molecular flexibility index (Phi) is 2.27. The van der Waals surface area contributed by atoms with E-state index < -0.39 is 9.84 Å². The van der Waals surface area contributed by atoms with Crippen molar-refractivity contribution in [1.82, 2.24) is 4.98 Å². The molecule has 0 amide bonds. The second kappa shape index (κ2) is 3.20. The van der Waals surface area contributed by atoms with Crippen molar-refractivity contribution in [2.45, 2.75) is 18.9 Å². The molecule has 1 atom stereocenters. The topological polar surface area (TPSA) is 59.1 Å². The summed E-state index contributed by atoms with van der Waals surface area (Å²) < 4.78 is 22.6. The van der Waals surface area contributed by atoms with Gasteiger partial charge in [0, 0.05) is 11.6 Å². The van der Waals surface area contributed by atoms with Crippen molar-refractivity contribution in [2.75, 3.05) is 16.8 Å². The summed E-state index contributed by atoms with van der Waals surface area (Å²) in [6.45, 7) is 1.93. The van der Waals surface area contributed by atoms with Gasteiger partial charge in [0.25, 0.3) is 0 Å². The quantitative estimate of drug-likeness (QED) is 0.830. The van der Waals surface area contributed by atoms with Crippen LogP contribution in [0.4, 0.5) is 5.13 Å². The van der Waals surface area contributed by atoms with Crippen LogP contribution in [0.1, 0.15) is 13.3 Å². The van der Waals surface area contributed by atoms with E-state index in [1.807, 2.05) is 12.3 Å². The molecule has 1 fully saturated rings. The normalized spacial score (nSPS) is 30.4. The van der Waals surface area contributed by atoms with Crippen LogP contribution in [-0.2, 0) is 9.84 Å². The molecule has 1 unspecified atom stereocenters. The Bertz CT molecular complexity index is 413. The van der Waals surface area contributed by atoms with Crippen LogP contribution in [0.3, 0.4) is 0 Å². The average Bonchev–Trinajstić information content (AvgIpc) is 2.60.